The zero-order chi connectivity index (χ0) is 15.2. The Hall–Kier alpha value is -2.69. The van der Waals surface area contributed by atoms with E-state index in [1.807, 2.05) is 37.3 Å². The van der Waals surface area contributed by atoms with Crippen LogP contribution in [0.2, 0.25) is 0 Å². The molecule has 1 atom stereocenters. The summed E-state index contributed by atoms with van der Waals surface area (Å²) in [5.74, 6) is -0.236. The number of benzene rings is 2. The van der Waals surface area contributed by atoms with Gasteiger partial charge in [0.25, 0.3) is 5.69 Å². The van der Waals surface area contributed by atoms with Crippen molar-refractivity contribution in [2.45, 2.75) is 19.4 Å². The number of nitro groups is 1. The van der Waals surface area contributed by atoms with Gasteiger partial charge in [-0.1, -0.05) is 48.5 Å². The van der Waals surface area contributed by atoms with E-state index in [1.54, 1.807) is 18.2 Å². The molecule has 2 aromatic rings. The van der Waals surface area contributed by atoms with Crippen molar-refractivity contribution >= 4 is 11.6 Å². The van der Waals surface area contributed by atoms with Gasteiger partial charge in [-0.3, -0.25) is 14.9 Å². The number of hydrogen-bond acceptors (Lipinski definition) is 3. The molecular formula is C16H16N2O3. The fourth-order valence-electron chi connectivity index (χ4n) is 2.13. The van der Waals surface area contributed by atoms with Gasteiger partial charge in [0.1, 0.15) is 0 Å². The SMILES string of the molecule is C[C@@H](NC(=O)Cc1ccccc1[N+](=O)[O-])c1ccccc1. The van der Waals surface area contributed by atoms with Crippen molar-refractivity contribution in [3.05, 3.63) is 75.8 Å². The van der Waals surface area contributed by atoms with Crippen molar-refractivity contribution in [3.63, 3.8) is 0 Å². The Morgan fingerprint density at radius 2 is 1.76 bits per heavy atom. The van der Waals surface area contributed by atoms with Crippen molar-refractivity contribution in [1.29, 1.82) is 0 Å². The molecule has 5 nitrogen and oxygen atoms in total. The van der Waals surface area contributed by atoms with Crippen molar-refractivity contribution in [3.8, 4) is 0 Å². The minimum Gasteiger partial charge on any atom is -0.349 e. The van der Waals surface area contributed by atoms with E-state index in [4.69, 9.17) is 0 Å². The van der Waals surface area contributed by atoms with E-state index in [0.717, 1.165) is 5.56 Å². The number of nitro benzene ring substituents is 1. The molecule has 5 heteroatoms. The monoisotopic (exact) mass is 284 g/mol. The highest BCUT2D eigenvalue weighted by atomic mass is 16.6. The molecule has 0 aliphatic carbocycles. The summed E-state index contributed by atoms with van der Waals surface area (Å²) >= 11 is 0. The number of rotatable bonds is 5. The minimum atomic E-state index is -0.469. The van der Waals surface area contributed by atoms with E-state index in [0.29, 0.717) is 5.56 Å². The highest BCUT2D eigenvalue weighted by molar-refractivity contribution is 5.80. The van der Waals surface area contributed by atoms with Gasteiger partial charge in [-0.05, 0) is 12.5 Å². The molecule has 2 aromatic carbocycles. The lowest BCUT2D eigenvalue weighted by molar-refractivity contribution is -0.385. The average Bonchev–Trinajstić information content (AvgIpc) is 2.48. The van der Waals surface area contributed by atoms with Crippen LogP contribution in [-0.2, 0) is 11.2 Å². The minimum absolute atomic E-state index is 0.00563. The molecule has 0 fully saturated rings. The molecule has 0 saturated carbocycles. The number of para-hydroxylation sites is 1. The van der Waals surface area contributed by atoms with Crippen LogP contribution in [0.4, 0.5) is 5.69 Å². The van der Waals surface area contributed by atoms with Crippen LogP contribution >= 0.6 is 0 Å². The molecule has 1 amide bonds. The summed E-state index contributed by atoms with van der Waals surface area (Å²) in [5.41, 5.74) is 1.38. The molecule has 0 aliphatic heterocycles. The second-order valence-corrected chi connectivity index (χ2v) is 4.76. The third kappa shape index (κ3) is 3.89. The van der Waals surface area contributed by atoms with Crippen LogP contribution in [0.5, 0.6) is 0 Å². The Kier molecular flexibility index (Phi) is 4.66. The van der Waals surface area contributed by atoms with Crippen molar-refractivity contribution in [2.75, 3.05) is 0 Å². The van der Waals surface area contributed by atoms with Crippen LogP contribution < -0.4 is 5.32 Å². The van der Waals surface area contributed by atoms with Gasteiger partial charge in [0.2, 0.25) is 5.91 Å². The normalized spacial score (nSPS) is 11.7. The summed E-state index contributed by atoms with van der Waals surface area (Å²) in [5, 5.41) is 13.8. The molecule has 2 rings (SSSR count). The maximum atomic E-state index is 12.0. The molecular weight excluding hydrogens is 268 g/mol. The predicted molar refractivity (Wildman–Crippen MR) is 79.8 cm³/mol. The molecule has 108 valence electrons. The van der Waals surface area contributed by atoms with Gasteiger partial charge in [-0.2, -0.15) is 0 Å². The molecule has 21 heavy (non-hydrogen) atoms. The van der Waals surface area contributed by atoms with E-state index < -0.39 is 4.92 Å². The Balaban J connectivity index is 2.04. The molecule has 0 bridgehead atoms. The Morgan fingerprint density at radius 3 is 2.43 bits per heavy atom. The highest BCUT2D eigenvalue weighted by Gasteiger charge is 2.16. The zero-order valence-corrected chi connectivity index (χ0v) is 11.7. The van der Waals surface area contributed by atoms with Crippen molar-refractivity contribution < 1.29 is 9.72 Å². The van der Waals surface area contributed by atoms with Gasteiger partial charge in [-0.15, -0.1) is 0 Å². The summed E-state index contributed by atoms with van der Waals surface area (Å²) in [6.45, 7) is 1.88. The van der Waals surface area contributed by atoms with Crippen molar-refractivity contribution in [1.82, 2.24) is 5.32 Å². The summed E-state index contributed by atoms with van der Waals surface area (Å²) in [4.78, 5) is 22.5. The first kappa shape index (κ1) is 14.7. The van der Waals surface area contributed by atoms with E-state index >= 15 is 0 Å². The first-order chi connectivity index (χ1) is 10.1. The third-order valence-electron chi connectivity index (χ3n) is 3.22. The van der Waals surface area contributed by atoms with Gasteiger partial charge >= 0.3 is 0 Å². The lowest BCUT2D eigenvalue weighted by Crippen LogP contribution is -2.28. The largest absolute Gasteiger partial charge is 0.349 e. The second-order valence-electron chi connectivity index (χ2n) is 4.76. The molecule has 0 unspecified atom stereocenters. The summed E-state index contributed by atoms with van der Waals surface area (Å²) in [6.07, 6.45) is -0.00563. The maximum Gasteiger partial charge on any atom is 0.273 e. The first-order valence-electron chi connectivity index (χ1n) is 6.64. The molecule has 0 heterocycles. The van der Waals surface area contributed by atoms with Crippen LogP contribution in [-0.4, -0.2) is 10.8 Å². The van der Waals surface area contributed by atoms with Crippen molar-refractivity contribution in [2.24, 2.45) is 0 Å². The maximum absolute atomic E-state index is 12.0. The highest BCUT2D eigenvalue weighted by Crippen LogP contribution is 2.18. The molecule has 0 aromatic heterocycles. The fourth-order valence-corrected chi connectivity index (χ4v) is 2.13. The first-order valence-corrected chi connectivity index (χ1v) is 6.64. The Morgan fingerprint density at radius 1 is 1.14 bits per heavy atom. The Bertz CT molecular complexity index is 641. The van der Waals surface area contributed by atoms with Crippen LogP contribution in [0.3, 0.4) is 0 Å². The lowest BCUT2D eigenvalue weighted by atomic mass is 10.1. The smallest absolute Gasteiger partial charge is 0.273 e. The predicted octanol–water partition coefficient (Wildman–Crippen LogP) is 3.01. The molecule has 0 saturated heterocycles. The summed E-state index contributed by atoms with van der Waals surface area (Å²) in [6, 6.07) is 15.7. The third-order valence-corrected chi connectivity index (χ3v) is 3.22. The van der Waals surface area contributed by atoms with E-state index in [9.17, 15) is 14.9 Å². The molecule has 0 aliphatic rings. The van der Waals surface area contributed by atoms with Gasteiger partial charge < -0.3 is 5.32 Å². The molecule has 1 N–H and O–H groups in total. The van der Waals surface area contributed by atoms with Gasteiger partial charge in [0.05, 0.1) is 17.4 Å². The van der Waals surface area contributed by atoms with Crippen LogP contribution in [0, 0.1) is 10.1 Å². The van der Waals surface area contributed by atoms with Gasteiger partial charge in [0.15, 0.2) is 0 Å². The summed E-state index contributed by atoms with van der Waals surface area (Å²) in [7, 11) is 0. The van der Waals surface area contributed by atoms with E-state index in [1.165, 1.54) is 6.07 Å². The number of amides is 1. The van der Waals surface area contributed by atoms with Gasteiger partial charge in [0, 0.05) is 11.6 Å². The topological polar surface area (TPSA) is 72.2 Å². The fraction of sp³-hybridized carbons (Fsp3) is 0.188. The summed E-state index contributed by atoms with van der Waals surface area (Å²) < 4.78 is 0. The molecule has 0 radical (unpaired) electrons. The second kappa shape index (κ2) is 6.65. The lowest BCUT2D eigenvalue weighted by Gasteiger charge is -2.14. The van der Waals surface area contributed by atoms with Crippen LogP contribution in [0.15, 0.2) is 54.6 Å². The molecule has 0 spiro atoms. The quantitative estimate of drug-likeness (QED) is 0.677. The number of hydrogen-bond donors (Lipinski definition) is 1. The van der Waals surface area contributed by atoms with Crippen LogP contribution in [0.25, 0.3) is 0 Å². The Labute approximate surface area is 122 Å². The number of nitrogens with zero attached hydrogens (tertiary/aromatic N) is 1. The number of carbonyl (C=O) groups is 1. The standard InChI is InChI=1S/C16H16N2O3/c1-12(13-7-3-2-4-8-13)17-16(19)11-14-9-5-6-10-15(14)18(20)21/h2-10,12H,11H2,1H3,(H,17,19)/t12-/m1/s1. The van der Waals surface area contributed by atoms with E-state index in [-0.39, 0.29) is 24.1 Å². The number of nitrogens with one attached hydrogen (secondary N) is 1. The van der Waals surface area contributed by atoms with Crippen LogP contribution in [0.1, 0.15) is 24.1 Å². The zero-order valence-electron chi connectivity index (χ0n) is 11.7. The number of carbonyl (C=O) groups excluding carboxylic acids is 1. The van der Waals surface area contributed by atoms with E-state index in [2.05, 4.69) is 5.32 Å². The van der Waals surface area contributed by atoms with Gasteiger partial charge in [-0.25, -0.2) is 0 Å². The average molecular weight is 284 g/mol.